The van der Waals surface area contributed by atoms with E-state index in [4.69, 9.17) is 5.11 Å². The molecule has 0 radical (unpaired) electrons. The molecular formula is C25H26F3N7O2. The van der Waals surface area contributed by atoms with Crippen molar-refractivity contribution in [3.8, 4) is 11.3 Å². The number of aromatic amines is 1. The van der Waals surface area contributed by atoms with Crippen LogP contribution in [0.15, 0.2) is 36.7 Å². The zero-order chi connectivity index (χ0) is 26.3. The van der Waals surface area contributed by atoms with Crippen molar-refractivity contribution in [3.63, 3.8) is 0 Å². The highest BCUT2D eigenvalue weighted by molar-refractivity contribution is 5.95. The van der Waals surface area contributed by atoms with Gasteiger partial charge < -0.3 is 15.0 Å². The van der Waals surface area contributed by atoms with Crippen LogP contribution in [-0.4, -0.2) is 47.6 Å². The van der Waals surface area contributed by atoms with Gasteiger partial charge in [0.2, 0.25) is 5.91 Å². The lowest BCUT2D eigenvalue weighted by molar-refractivity contribution is -0.141. The summed E-state index contributed by atoms with van der Waals surface area (Å²) in [5.41, 5.74) is 1.15. The lowest BCUT2D eigenvalue weighted by atomic mass is 9.72. The topological polar surface area (TPSA) is 122 Å². The van der Waals surface area contributed by atoms with Crippen LogP contribution in [0.3, 0.4) is 0 Å². The van der Waals surface area contributed by atoms with Crippen molar-refractivity contribution in [1.82, 2.24) is 35.3 Å². The Morgan fingerprint density at radius 1 is 1.30 bits per heavy atom. The lowest BCUT2D eigenvalue weighted by Gasteiger charge is -2.33. The number of hydrogen-bond acceptors (Lipinski definition) is 6. The van der Waals surface area contributed by atoms with E-state index < -0.39 is 30.4 Å². The molecule has 1 aliphatic carbocycles. The molecule has 3 N–H and O–H groups in total. The Bertz CT molecular complexity index is 1440. The van der Waals surface area contributed by atoms with Crippen LogP contribution >= 0.6 is 0 Å². The van der Waals surface area contributed by atoms with Gasteiger partial charge in [-0.1, -0.05) is 24.6 Å². The fourth-order valence-corrected chi connectivity index (χ4v) is 4.93. The highest BCUT2D eigenvalue weighted by Crippen LogP contribution is 2.43. The van der Waals surface area contributed by atoms with Crippen LogP contribution in [0, 0.1) is 5.92 Å². The van der Waals surface area contributed by atoms with Gasteiger partial charge in [-0.15, -0.1) is 10.2 Å². The van der Waals surface area contributed by atoms with E-state index in [2.05, 4.69) is 30.7 Å². The van der Waals surface area contributed by atoms with E-state index in [1.165, 1.54) is 6.92 Å². The van der Waals surface area contributed by atoms with Gasteiger partial charge in [-0.2, -0.15) is 18.3 Å². The van der Waals surface area contributed by atoms with Crippen LogP contribution < -0.4 is 5.32 Å². The minimum Gasteiger partial charge on any atom is -0.387 e. The molecule has 9 nitrogen and oxygen atoms in total. The van der Waals surface area contributed by atoms with Gasteiger partial charge in [0.05, 0.1) is 17.3 Å². The lowest BCUT2D eigenvalue weighted by Crippen LogP contribution is -2.30. The van der Waals surface area contributed by atoms with E-state index in [1.54, 1.807) is 12.4 Å². The smallest absolute Gasteiger partial charge is 0.387 e. The number of rotatable bonds is 7. The largest absolute Gasteiger partial charge is 0.433 e. The third-order valence-corrected chi connectivity index (χ3v) is 6.97. The molecule has 4 aromatic rings. The molecule has 1 aromatic carbocycles. The van der Waals surface area contributed by atoms with E-state index in [0.29, 0.717) is 17.2 Å². The summed E-state index contributed by atoms with van der Waals surface area (Å²) in [6.45, 7) is 0.710. The Balaban J connectivity index is 1.62. The number of carbonyl (C=O) groups is 1. The highest BCUT2D eigenvalue weighted by Gasteiger charge is 2.36. The minimum absolute atomic E-state index is 0.00286. The number of hydrogen-bond donors (Lipinski definition) is 3. The molecular weight excluding hydrogens is 487 g/mol. The van der Waals surface area contributed by atoms with Crippen LogP contribution in [0.25, 0.3) is 22.2 Å². The Morgan fingerprint density at radius 2 is 2.08 bits per heavy atom. The summed E-state index contributed by atoms with van der Waals surface area (Å²) in [6, 6.07) is 7.68. The number of nitrogens with zero attached hydrogens (tertiary/aromatic N) is 5. The normalized spacial score (nSPS) is 15.9. The maximum Gasteiger partial charge on any atom is 0.433 e. The molecule has 3 heterocycles. The molecule has 12 heteroatoms. The second-order valence-electron chi connectivity index (χ2n) is 9.43. The number of alkyl halides is 3. The van der Waals surface area contributed by atoms with E-state index >= 15 is 0 Å². The summed E-state index contributed by atoms with van der Waals surface area (Å²) in [4.78, 5) is 15.5. The Hall–Kier alpha value is -3.80. The first-order valence-corrected chi connectivity index (χ1v) is 12.0. The molecule has 194 valence electrons. The summed E-state index contributed by atoms with van der Waals surface area (Å²) in [5.74, 6) is 0.520. The maximum atomic E-state index is 13.8. The van der Waals surface area contributed by atoms with Gasteiger partial charge in [-0.3, -0.25) is 9.89 Å². The van der Waals surface area contributed by atoms with Crippen molar-refractivity contribution >= 4 is 16.8 Å². The van der Waals surface area contributed by atoms with E-state index in [0.717, 1.165) is 36.7 Å². The Labute approximate surface area is 210 Å². The molecule has 0 saturated heterocycles. The van der Waals surface area contributed by atoms with E-state index in [-0.39, 0.29) is 22.5 Å². The van der Waals surface area contributed by atoms with Gasteiger partial charge in [-0.25, -0.2) is 4.98 Å². The van der Waals surface area contributed by atoms with Crippen molar-refractivity contribution in [2.45, 2.75) is 44.3 Å². The molecule has 1 aliphatic rings. The van der Waals surface area contributed by atoms with Gasteiger partial charge in [0.15, 0.2) is 0 Å². The number of aryl methyl sites for hydroxylation is 1. The molecule has 0 bridgehead atoms. The number of fused-ring (bicyclic) bond motifs is 1. The summed E-state index contributed by atoms with van der Waals surface area (Å²) in [7, 11) is 1.90. The van der Waals surface area contributed by atoms with Crippen molar-refractivity contribution in [2.24, 2.45) is 13.0 Å². The molecule has 1 amide bonds. The predicted octanol–water partition coefficient (Wildman–Crippen LogP) is 3.87. The van der Waals surface area contributed by atoms with Gasteiger partial charge >= 0.3 is 6.18 Å². The molecule has 3 aromatic heterocycles. The summed E-state index contributed by atoms with van der Waals surface area (Å²) >= 11 is 0. The molecule has 0 unspecified atom stereocenters. The molecule has 37 heavy (non-hydrogen) atoms. The number of H-pyrrole nitrogens is 1. The molecule has 5 rings (SSSR count). The third-order valence-electron chi connectivity index (χ3n) is 6.97. The van der Waals surface area contributed by atoms with Gasteiger partial charge in [0, 0.05) is 23.9 Å². The number of benzene rings is 1. The highest BCUT2D eigenvalue weighted by atomic mass is 19.4. The molecule has 1 fully saturated rings. The summed E-state index contributed by atoms with van der Waals surface area (Å²) in [5, 5.41) is 27.3. The number of aromatic nitrogens is 6. The maximum absolute atomic E-state index is 13.8. The quantitative estimate of drug-likeness (QED) is 0.345. The first-order valence-electron chi connectivity index (χ1n) is 12.0. The van der Waals surface area contributed by atoms with Gasteiger partial charge in [0.1, 0.15) is 30.1 Å². The van der Waals surface area contributed by atoms with Crippen LogP contribution in [0.5, 0.6) is 0 Å². The fourth-order valence-electron chi connectivity index (χ4n) is 4.93. The molecule has 2 atom stereocenters. The second kappa shape index (κ2) is 9.58. The van der Waals surface area contributed by atoms with Gasteiger partial charge in [-0.05, 0) is 43.4 Å². The Morgan fingerprint density at radius 3 is 2.70 bits per heavy atom. The van der Waals surface area contributed by atoms with Crippen molar-refractivity contribution < 1.29 is 23.1 Å². The second-order valence-corrected chi connectivity index (χ2v) is 9.43. The molecule has 0 spiro atoms. The van der Waals surface area contributed by atoms with Crippen molar-refractivity contribution in [3.05, 3.63) is 59.4 Å². The number of aliphatic hydroxyl groups excluding tert-OH is 1. The average molecular weight is 514 g/mol. The number of carbonyl (C=O) groups excluding carboxylic acids is 1. The zero-order valence-electron chi connectivity index (χ0n) is 20.3. The number of pyridine rings is 1. The van der Waals surface area contributed by atoms with E-state index in [9.17, 15) is 18.0 Å². The average Bonchev–Trinajstić information content (AvgIpc) is 3.46. The molecule has 0 aliphatic heterocycles. The van der Waals surface area contributed by atoms with Crippen LogP contribution in [0.2, 0.25) is 0 Å². The number of amides is 1. The monoisotopic (exact) mass is 513 g/mol. The number of aliphatic hydroxyl groups is 1. The Kier molecular flexibility index (Phi) is 6.44. The van der Waals surface area contributed by atoms with Crippen LogP contribution in [0.4, 0.5) is 13.2 Å². The fraction of sp³-hybridized carbons (Fsp3) is 0.400. The standard InChI is InChI=1S/C25H26F3N7O2/c1-13(30-19(37)11-36)21-23-17(10-18(31-21)25(26,27)28)22(32-33-23)16-8-4-7-15(9-16)20(14-5-3-6-14)24-34-29-12-35(24)2/h4,7-10,12-14,20,36H,3,5-6,11H2,1-2H3,(H,30,37)(H,32,33)/t13-,20+/m0/s1. The summed E-state index contributed by atoms with van der Waals surface area (Å²) < 4.78 is 43.3. The number of nitrogens with one attached hydrogen (secondary N) is 2. The van der Waals surface area contributed by atoms with Gasteiger partial charge in [0.25, 0.3) is 0 Å². The first-order chi connectivity index (χ1) is 17.7. The minimum atomic E-state index is -4.71. The van der Waals surface area contributed by atoms with Crippen molar-refractivity contribution in [1.29, 1.82) is 0 Å². The van der Waals surface area contributed by atoms with Crippen LogP contribution in [0.1, 0.15) is 60.9 Å². The molecule has 1 saturated carbocycles. The SMILES string of the molecule is C[C@H](NC(=O)CO)c1nc(C(F)(F)F)cc2c(-c3cccc([C@H](c4nncn4C)C4CCC4)c3)n[nH]c12. The first kappa shape index (κ1) is 24.9. The van der Waals surface area contributed by atoms with E-state index in [1.807, 2.05) is 29.8 Å². The van der Waals surface area contributed by atoms with Crippen molar-refractivity contribution in [2.75, 3.05) is 6.61 Å². The number of halogens is 3. The van der Waals surface area contributed by atoms with Crippen LogP contribution in [-0.2, 0) is 18.0 Å². The summed E-state index contributed by atoms with van der Waals surface area (Å²) in [6.07, 6.45) is 0.225. The predicted molar refractivity (Wildman–Crippen MR) is 128 cm³/mol. The zero-order valence-corrected chi connectivity index (χ0v) is 20.3. The third kappa shape index (κ3) is 4.68.